The van der Waals surface area contributed by atoms with Crippen LogP contribution < -0.4 is 0 Å². The zero-order valence-corrected chi connectivity index (χ0v) is 8.87. The van der Waals surface area contributed by atoms with Gasteiger partial charge in [0.2, 0.25) is 0 Å². The minimum Gasteiger partial charge on any atom is -0.419 e. The summed E-state index contributed by atoms with van der Waals surface area (Å²) < 4.78 is 15.0. The van der Waals surface area contributed by atoms with Gasteiger partial charge in [-0.2, -0.15) is 0 Å². The van der Waals surface area contributed by atoms with Gasteiger partial charge in [-0.15, -0.1) is 0 Å². The molecule has 0 N–H and O–H groups in total. The van der Waals surface area contributed by atoms with Crippen LogP contribution in [0.2, 0.25) is 0 Å². The molecule has 0 aromatic heterocycles. The van der Waals surface area contributed by atoms with Gasteiger partial charge in [0, 0.05) is 20.0 Å². The number of cyclic esters (lactones) is 2. The van der Waals surface area contributed by atoms with Gasteiger partial charge in [-0.05, 0) is 6.92 Å². The van der Waals surface area contributed by atoms with E-state index in [1.54, 1.807) is 0 Å². The second-order valence-corrected chi connectivity index (χ2v) is 3.34. The second-order valence-electron chi connectivity index (χ2n) is 3.34. The summed E-state index contributed by atoms with van der Waals surface area (Å²) in [6.45, 7) is 7.55. The van der Waals surface area contributed by atoms with Crippen LogP contribution in [0.4, 0.5) is 0 Å². The van der Waals surface area contributed by atoms with Crippen molar-refractivity contribution in [3.63, 3.8) is 0 Å². The first-order valence-corrected chi connectivity index (χ1v) is 4.72. The van der Waals surface area contributed by atoms with Crippen LogP contribution in [0.25, 0.3) is 0 Å². The molecule has 0 bridgehead atoms. The van der Waals surface area contributed by atoms with Gasteiger partial charge >= 0.3 is 11.9 Å². The molecule has 5 heteroatoms. The molecule has 1 aliphatic heterocycles. The van der Waals surface area contributed by atoms with Crippen LogP contribution in [0.3, 0.4) is 0 Å². The molecule has 0 aromatic rings. The fraction of sp³-hybridized carbons (Fsp3) is 0.600. The van der Waals surface area contributed by atoms with Crippen molar-refractivity contribution in [3.8, 4) is 0 Å². The van der Waals surface area contributed by atoms with Gasteiger partial charge in [0.25, 0.3) is 5.79 Å². The van der Waals surface area contributed by atoms with Crippen molar-refractivity contribution < 1.29 is 23.8 Å². The number of hydrogen-bond acceptors (Lipinski definition) is 5. The van der Waals surface area contributed by atoms with Gasteiger partial charge in [0.1, 0.15) is 5.57 Å². The maximum absolute atomic E-state index is 11.2. The van der Waals surface area contributed by atoms with Crippen LogP contribution >= 0.6 is 0 Å². The lowest BCUT2D eigenvalue weighted by molar-refractivity contribution is -0.233. The standard InChI is InChI=1S/C10H14O5/c1-4-13-6-5-10(3)14-8(11)7(2)9(12)15-10/h2,4-6H2,1,3H3. The number of carbonyl (C=O) groups excluding carboxylic acids is 2. The van der Waals surface area contributed by atoms with E-state index in [-0.39, 0.29) is 5.57 Å². The Kier molecular flexibility index (Phi) is 3.47. The highest BCUT2D eigenvalue weighted by Gasteiger charge is 2.41. The van der Waals surface area contributed by atoms with Crippen molar-refractivity contribution in [3.05, 3.63) is 12.2 Å². The summed E-state index contributed by atoms with van der Waals surface area (Å²) in [5.41, 5.74) is -0.274. The monoisotopic (exact) mass is 214 g/mol. The molecule has 0 saturated carbocycles. The average Bonchev–Trinajstić information content (AvgIpc) is 2.14. The van der Waals surface area contributed by atoms with E-state index >= 15 is 0 Å². The highest BCUT2D eigenvalue weighted by molar-refractivity contribution is 6.14. The van der Waals surface area contributed by atoms with E-state index in [9.17, 15) is 9.59 Å². The SMILES string of the molecule is C=C1C(=O)OC(C)(CCOCC)OC1=O. The van der Waals surface area contributed by atoms with E-state index in [1.165, 1.54) is 6.92 Å². The first-order chi connectivity index (χ1) is 6.98. The summed E-state index contributed by atoms with van der Waals surface area (Å²) in [5, 5.41) is 0. The molecule has 0 atom stereocenters. The van der Waals surface area contributed by atoms with E-state index in [0.717, 1.165) is 0 Å². The number of esters is 2. The summed E-state index contributed by atoms with van der Waals surface area (Å²) in [6, 6.07) is 0. The summed E-state index contributed by atoms with van der Waals surface area (Å²) in [4.78, 5) is 22.4. The molecular weight excluding hydrogens is 200 g/mol. The quantitative estimate of drug-likeness (QED) is 0.299. The predicted octanol–water partition coefficient (Wildman–Crippen LogP) is 0.785. The Morgan fingerprint density at radius 2 is 1.87 bits per heavy atom. The zero-order valence-electron chi connectivity index (χ0n) is 8.87. The van der Waals surface area contributed by atoms with E-state index in [2.05, 4.69) is 6.58 Å². The Bertz CT molecular complexity index is 274. The summed E-state index contributed by atoms with van der Waals surface area (Å²) in [5.74, 6) is -2.69. The zero-order chi connectivity index (χ0) is 11.5. The van der Waals surface area contributed by atoms with Gasteiger partial charge in [-0.25, -0.2) is 9.59 Å². The fourth-order valence-corrected chi connectivity index (χ4v) is 1.12. The third-order valence-corrected chi connectivity index (χ3v) is 2.01. The second kappa shape index (κ2) is 4.44. The maximum Gasteiger partial charge on any atom is 0.348 e. The summed E-state index contributed by atoms with van der Waals surface area (Å²) in [6.07, 6.45) is 0.311. The molecule has 1 saturated heterocycles. The van der Waals surface area contributed by atoms with Crippen molar-refractivity contribution >= 4 is 11.9 Å². The number of hydrogen-bond donors (Lipinski definition) is 0. The minimum atomic E-state index is -1.23. The molecular formula is C10H14O5. The third kappa shape index (κ3) is 2.79. The van der Waals surface area contributed by atoms with Crippen molar-refractivity contribution in [1.29, 1.82) is 0 Å². The van der Waals surface area contributed by atoms with E-state index in [1.807, 2.05) is 6.92 Å². The average molecular weight is 214 g/mol. The third-order valence-electron chi connectivity index (χ3n) is 2.01. The molecule has 1 aliphatic rings. The van der Waals surface area contributed by atoms with Gasteiger partial charge in [0.05, 0.1) is 6.61 Å². The Labute approximate surface area is 88.0 Å². The van der Waals surface area contributed by atoms with Crippen molar-refractivity contribution in [2.24, 2.45) is 0 Å². The van der Waals surface area contributed by atoms with Gasteiger partial charge in [0.15, 0.2) is 0 Å². The Morgan fingerprint density at radius 1 is 1.33 bits per heavy atom. The van der Waals surface area contributed by atoms with Crippen LogP contribution in [-0.2, 0) is 23.8 Å². The van der Waals surface area contributed by atoms with Crippen molar-refractivity contribution in [2.45, 2.75) is 26.1 Å². The number of ether oxygens (including phenoxy) is 3. The van der Waals surface area contributed by atoms with E-state index < -0.39 is 17.7 Å². The van der Waals surface area contributed by atoms with E-state index in [4.69, 9.17) is 14.2 Å². The van der Waals surface area contributed by atoms with Crippen LogP contribution in [0.1, 0.15) is 20.3 Å². The first-order valence-electron chi connectivity index (χ1n) is 4.72. The first kappa shape index (κ1) is 11.7. The van der Waals surface area contributed by atoms with Gasteiger partial charge < -0.3 is 14.2 Å². The van der Waals surface area contributed by atoms with Crippen LogP contribution in [-0.4, -0.2) is 30.9 Å². The summed E-state index contributed by atoms with van der Waals surface area (Å²) in [7, 11) is 0. The molecule has 0 spiro atoms. The molecule has 5 nitrogen and oxygen atoms in total. The number of rotatable bonds is 4. The molecule has 1 rings (SSSR count). The topological polar surface area (TPSA) is 61.8 Å². The lowest BCUT2D eigenvalue weighted by Gasteiger charge is -2.32. The molecule has 0 aromatic carbocycles. The summed E-state index contributed by atoms with van der Waals surface area (Å²) >= 11 is 0. The molecule has 15 heavy (non-hydrogen) atoms. The fourth-order valence-electron chi connectivity index (χ4n) is 1.12. The lowest BCUT2D eigenvalue weighted by atomic mass is 10.2. The molecule has 1 fully saturated rings. The Balaban J connectivity index is 2.58. The highest BCUT2D eigenvalue weighted by Crippen LogP contribution is 2.25. The molecule has 0 aliphatic carbocycles. The largest absolute Gasteiger partial charge is 0.419 e. The Morgan fingerprint density at radius 3 is 2.33 bits per heavy atom. The maximum atomic E-state index is 11.2. The van der Waals surface area contributed by atoms with Crippen molar-refractivity contribution in [1.82, 2.24) is 0 Å². The number of carbonyl (C=O) groups is 2. The normalized spacial score (nSPS) is 19.7. The van der Waals surface area contributed by atoms with Crippen LogP contribution in [0.5, 0.6) is 0 Å². The van der Waals surface area contributed by atoms with E-state index in [0.29, 0.717) is 19.6 Å². The van der Waals surface area contributed by atoms with Crippen molar-refractivity contribution in [2.75, 3.05) is 13.2 Å². The Hall–Kier alpha value is -1.36. The molecule has 0 amide bonds. The smallest absolute Gasteiger partial charge is 0.348 e. The predicted molar refractivity (Wildman–Crippen MR) is 50.8 cm³/mol. The molecule has 0 unspecified atom stereocenters. The molecule has 0 radical (unpaired) electrons. The minimum absolute atomic E-state index is 0.274. The van der Waals surface area contributed by atoms with Crippen LogP contribution in [0.15, 0.2) is 12.2 Å². The molecule has 1 heterocycles. The van der Waals surface area contributed by atoms with Crippen LogP contribution in [0, 0.1) is 0 Å². The van der Waals surface area contributed by atoms with Gasteiger partial charge in [-0.1, -0.05) is 6.58 Å². The van der Waals surface area contributed by atoms with Gasteiger partial charge in [-0.3, -0.25) is 0 Å². The highest BCUT2D eigenvalue weighted by atomic mass is 16.7. The lowest BCUT2D eigenvalue weighted by Crippen LogP contribution is -2.44. The molecule has 84 valence electrons.